The Labute approximate surface area is 78.2 Å². The van der Waals surface area contributed by atoms with Crippen LogP contribution in [0.4, 0.5) is 0 Å². The Hall–Kier alpha value is -1.15. The van der Waals surface area contributed by atoms with Gasteiger partial charge in [0.15, 0.2) is 5.78 Å². The Morgan fingerprint density at radius 3 is 2.08 bits per heavy atom. The molecular weight excluding hydrogens is 164 g/mol. The van der Waals surface area contributed by atoms with E-state index in [9.17, 15) is 9.90 Å². The number of carbonyl (C=O) groups is 1. The van der Waals surface area contributed by atoms with Crippen molar-refractivity contribution in [1.82, 2.24) is 0 Å². The molecule has 0 aliphatic rings. The summed E-state index contributed by atoms with van der Waals surface area (Å²) in [6.45, 7) is 4.95. The quantitative estimate of drug-likeness (QED) is 0.703. The fourth-order valence-electron chi connectivity index (χ4n) is 1.06. The van der Waals surface area contributed by atoms with Crippen LogP contribution in [-0.2, 0) is 0 Å². The summed E-state index contributed by atoms with van der Waals surface area (Å²) in [7, 11) is 0. The van der Waals surface area contributed by atoms with Gasteiger partial charge in [-0.1, -0.05) is 29.8 Å². The molecule has 0 saturated heterocycles. The summed E-state index contributed by atoms with van der Waals surface area (Å²) in [6.07, 6.45) is 0. The molecule has 0 aliphatic heterocycles. The van der Waals surface area contributed by atoms with Crippen molar-refractivity contribution in [1.29, 1.82) is 0 Å². The molecule has 0 bridgehead atoms. The smallest absolute Gasteiger partial charge is 0.193 e. The van der Waals surface area contributed by atoms with Gasteiger partial charge < -0.3 is 5.11 Å². The van der Waals surface area contributed by atoms with Crippen LogP contribution in [0.2, 0.25) is 0 Å². The molecule has 13 heavy (non-hydrogen) atoms. The minimum atomic E-state index is -1.28. The van der Waals surface area contributed by atoms with E-state index in [1.807, 2.05) is 19.1 Å². The van der Waals surface area contributed by atoms with E-state index in [-0.39, 0.29) is 5.78 Å². The van der Waals surface area contributed by atoms with Crippen LogP contribution in [0.5, 0.6) is 0 Å². The lowest BCUT2D eigenvalue weighted by Gasteiger charge is -2.15. The van der Waals surface area contributed by atoms with Crippen molar-refractivity contribution in [3.63, 3.8) is 0 Å². The zero-order valence-corrected chi connectivity index (χ0v) is 8.16. The van der Waals surface area contributed by atoms with Crippen LogP contribution in [0.25, 0.3) is 0 Å². The summed E-state index contributed by atoms with van der Waals surface area (Å²) in [6, 6.07) is 7.18. The third kappa shape index (κ3) is 2.39. The highest BCUT2D eigenvalue weighted by Crippen LogP contribution is 2.12. The molecule has 1 aromatic rings. The molecule has 1 aromatic carbocycles. The van der Waals surface area contributed by atoms with Gasteiger partial charge in [0.1, 0.15) is 5.60 Å². The lowest BCUT2D eigenvalue weighted by molar-refractivity contribution is 0.0488. The van der Waals surface area contributed by atoms with Crippen LogP contribution >= 0.6 is 0 Å². The van der Waals surface area contributed by atoms with Crippen LogP contribution in [0.3, 0.4) is 0 Å². The molecule has 0 heterocycles. The number of Topliss-reactive ketones (excluding diaryl/α,β-unsaturated/α-hetero) is 1. The molecule has 70 valence electrons. The number of ketones is 1. The maximum atomic E-state index is 11.5. The first kappa shape index (κ1) is 9.93. The van der Waals surface area contributed by atoms with E-state index in [1.54, 1.807) is 12.1 Å². The van der Waals surface area contributed by atoms with E-state index < -0.39 is 5.60 Å². The molecule has 0 spiro atoms. The summed E-state index contributed by atoms with van der Waals surface area (Å²) in [4.78, 5) is 11.5. The van der Waals surface area contributed by atoms with Crippen LogP contribution in [0.15, 0.2) is 24.3 Å². The number of carbonyl (C=O) groups excluding carboxylic acids is 1. The minimum Gasteiger partial charge on any atom is -0.382 e. The Morgan fingerprint density at radius 1 is 1.23 bits per heavy atom. The molecule has 2 nitrogen and oxygen atoms in total. The molecule has 1 rings (SSSR count). The van der Waals surface area contributed by atoms with Gasteiger partial charge in [-0.3, -0.25) is 4.79 Å². The van der Waals surface area contributed by atoms with Crippen molar-refractivity contribution in [3.05, 3.63) is 35.4 Å². The third-order valence-electron chi connectivity index (χ3n) is 1.87. The van der Waals surface area contributed by atoms with Gasteiger partial charge in [-0.15, -0.1) is 0 Å². The number of aryl methyl sites for hydroxylation is 1. The second kappa shape index (κ2) is 3.30. The molecule has 0 fully saturated rings. The molecule has 0 amide bonds. The average Bonchev–Trinajstić information content (AvgIpc) is 2.03. The van der Waals surface area contributed by atoms with Crippen LogP contribution in [0, 0.1) is 6.92 Å². The van der Waals surface area contributed by atoms with Gasteiger partial charge in [0, 0.05) is 5.56 Å². The van der Waals surface area contributed by atoms with Crippen molar-refractivity contribution in [2.24, 2.45) is 0 Å². The summed E-state index contributed by atoms with van der Waals surface area (Å²) >= 11 is 0. The van der Waals surface area contributed by atoms with E-state index in [1.165, 1.54) is 13.8 Å². The normalized spacial score (nSPS) is 11.4. The van der Waals surface area contributed by atoms with E-state index in [4.69, 9.17) is 0 Å². The second-order valence-electron chi connectivity index (χ2n) is 3.75. The number of aliphatic hydroxyl groups is 1. The highest BCUT2D eigenvalue weighted by molar-refractivity contribution is 6.01. The number of hydrogen-bond acceptors (Lipinski definition) is 2. The second-order valence-corrected chi connectivity index (χ2v) is 3.75. The Morgan fingerprint density at radius 2 is 1.69 bits per heavy atom. The van der Waals surface area contributed by atoms with Gasteiger partial charge in [-0.05, 0) is 20.8 Å². The van der Waals surface area contributed by atoms with Gasteiger partial charge in [-0.25, -0.2) is 0 Å². The molecule has 1 N–H and O–H groups in total. The first-order chi connectivity index (χ1) is 5.91. The van der Waals surface area contributed by atoms with Crippen LogP contribution < -0.4 is 0 Å². The van der Waals surface area contributed by atoms with Crippen molar-refractivity contribution in [2.45, 2.75) is 26.4 Å². The van der Waals surface area contributed by atoms with Crippen molar-refractivity contribution in [2.75, 3.05) is 0 Å². The van der Waals surface area contributed by atoms with Crippen molar-refractivity contribution < 1.29 is 9.90 Å². The predicted octanol–water partition coefficient (Wildman–Crippen LogP) is 1.95. The Balaban J connectivity index is 2.97. The topological polar surface area (TPSA) is 37.3 Å². The standard InChI is InChI=1S/C11H14O2/c1-8-4-6-9(7-5-8)10(12)11(2,3)13/h4-7,13H,1-3H3. The molecule has 2 heteroatoms. The first-order valence-corrected chi connectivity index (χ1v) is 4.25. The van der Waals surface area contributed by atoms with Crippen LogP contribution in [0.1, 0.15) is 29.8 Å². The average molecular weight is 178 g/mol. The molecule has 0 radical (unpaired) electrons. The highest BCUT2D eigenvalue weighted by atomic mass is 16.3. The minimum absolute atomic E-state index is 0.243. The molecular formula is C11H14O2. The van der Waals surface area contributed by atoms with Gasteiger partial charge in [0.05, 0.1) is 0 Å². The van der Waals surface area contributed by atoms with Crippen molar-refractivity contribution in [3.8, 4) is 0 Å². The van der Waals surface area contributed by atoms with E-state index in [0.29, 0.717) is 5.56 Å². The summed E-state index contributed by atoms with van der Waals surface area (Å²) in [5.41, 5.74) is 0.375. The van der Waals surface area contributed by atoms with E-state index in [0.717, 1.165) is 5.56 Å². The van der Waals surface area contributed by atoms with Gasteiger partial charge in [0.2, 0.25) is 0 Å². The summed E-state index contributed by atoms with van der Waals surface area (Å²) in [5.74, 6) is -0.243. The zero-order valence-electron chi connectivity index (χ0n) is 8.16. The fraction of sp³-hybridized carbons (Fsp3) is 0.364. The van der Waals surface area contributed by atoms with Crippen LogP contribution in [-0.4, -0.2) is 16.5 Å². The Bertz CT molecular complexity index is 304. The maximum absolute atomic E-state index is 11.5. The third-order valence-corrected chi connectivity index (χ3v) is 1.87. The zero-order chi connectivity index (χ0) is 10.1. The molecule has 0 saturated carbocycles. The Kier molecular flexibility index (Phi) is 2.52. The summed E-state index contributed by atoms with van der Waals surface area (Å²) in [5, 5.41) is 9.46. The van der Waals surface area contributed by atoms with E-state index >= 15 is 0 Å². The maximum Gasteiger partial charge on any atom is 0.193 e. The van der Waals surface area contributed by atoms with Gasteiger partial charge >= 0.3 is 0 Å². The SMILES string of the molecule is Cc1ccc(C(=O)C(C)(C)O)cc1. The lowest BCUT2D eigenvalue weighted by Crippen LogP contribution is -2.30. The number of hydrogen-bond donors (Lipinski definition) is 1. The molecule has 0 atom stereocenters. The van der Waals surface area contributed by atoms with Gasteiger partial charge in [0.25, 0.3) is 0 Å². The number of rotatable bonds is 2. The largest absolute Gasteiger partial charge is 0.382 e. The predicted molar refractivity (Wildman–Crippen MR) is 51.8 cm³/mol. The lowest BCUT2D eigenvalue weighted by atomic mass is 9.96. The first-order valence-electron chi connectivity index (χ1n) is 4.25. The molecule has 0 aromatic heterocycles. The van der Waals surface area contributed by atoms with Crippen molar-refractivity contribution >= 4 is 5.78 Å². The highest BCUT2D eigenvalue weighted by Gasteiger charge is 2.24. The van der Waals surface area contributed by atoms with E-state index in [2.05, 4.69) is 0 Å². The molecule has 0 unspecified atom stereocenters. The number of benzene rings is 1. The summed E-state index contributed by atoms with van der Waals surface area (Å²) < 4.78 is 0. The van der Waals surface area contributed by atoms with Gasteiger partial charge in [-0.2, -0.15) is 0 Å². The fourth-order valence-corrected chi connectivity index (χ4v) is 1.06. The monoisotopic (exact) mass is 178 g/mol. The molecule has 0 aliphatic carbocycles.